The van der Waals surface area contributed by atoms with Gasteiger partial charge in [-0.1, -0.05) is 0 Å². The van der Waals surface area contributed by atoms with Gasteiger partial charge in [0, 0.05) is 6.07 Å². The van der Waals surface area contributed by atoms with Gasteiger partial charge in [-0.2, -0.15) is 13.2 Å². The van der Waals surface area contributed by atoms with E-state index in [9.17, 15) is 27.2 Å². The predicted molar refractivity (Wildman–Crippen MR) is 48.1 cm³/mol. The zero-order valence-corrected chi connectivity index (χ0v) is 8.38. The van der Waals surface area contributed by atoms with Gasteiger partial charge in [-0.3, -0.25) is 9.59 Å². The molecular weight excluding hydrogens is 258 g/mol. The summed E-state index contributed by atoms with van der Waals surface area (Å²) in [6, 6.07) is 0.522. The Morgan fingerprint density at radius 2 is 1.67 bits per heavy atom. The van der Waals surface area contributed by atoms with Crippen LogP contribution < -0.4 is 16.4 Å². The van der Waals surface area contributed by atoms with Crippen LogP contribution in [-0.2, 0) is 15.8 Å². The molecule has 2 amide bonds. The maximum Gasteiger partial charge on any atom is 0.420 e. The zero-order chi connectivity index (χ0) is 13.7. The molecule has 0 bridgehead atoms. The average molecular weight is 261 g/mol. The summed E-state index contributed by atoms with van der Waals surface area (Å²) in [5.74, 6) is -4.21. The highest BCUT2D eigenvalue weighted by atomic mass is 19.4. The first-order valence-corrected chi connectivity index (χ1v) is 4.42. The minimum absolute atomic E-state index is 0.522. The molecule has 0 radical (unpaired) electrons. The smallest absolute Gasteiger partial charge is 0.396 e. The standard InChI is InChI=1S/C9H3F4N3O2/c10-2-1-3-6(16-8(18)7(17)15-3)4(5(2)14)9(11,12)13/h1H,14H2. The third-order valence-electron chi connectivity index (χ3n) is 2.17. The highest BCUT2D eigenvalue weighted by molar-refractivity contribution is 6.36. The van der Waals surface area contributed by atoms with E-state index >= 15 is 0 Å². The first kappa shape index (κ1) is 12.1. The van der Waals surface area contributed by atoms with Crippen molar-refractivity contribution in [3.63, 3.8) is 0 Å². The lowest BCUT2D eigenvalue weighted by Gasteiger charge is -2.12. The van der Waals surface area contributed by atoms with Gasteiger partial charge in [-0.25, -0.2) is 14.4 Å². The van der Waals surface area contributed by atoms with E-state index in [0.29, 0.717) is 6.07 Å². The number of nitrogens with zero attached hydrogens (tertiary/aromatic N) is 2. The fourth-order valence-corrected chi connectivity index (χ4v) is 1.43. The third-order valence-corrected chi connectivity index (χ3v) is 2.17. The predicted octanol–water partition coefficient (Wildman–Crippen LogP) is -0.267. The molecule has 94 valence electrons. The Balaban J connectivity index is 3.01. The van der Waals surface area contributed by atoms with E-state index in [-0.39, 0.29) is 0 Å². The van der Waals surface area contributed by atoms with Crippen molar-refractivity contribution >= 4 is 17.5 Å². The lowest BCUT2D eigenvalue weighted by Crippen LogP contribution is -2.41. The van der Waals surface area contributed by atoms with Gasteiger partial charge in [-0.05, 0) is 0 Å². The lowest BCUT2D eigenvalue weighted by molar-refractivity contribution is -0.139. The molecule has 2 N–H and O–H groups in total. The van der Waals surface area contributed by atoms with Gasteiger partial charge < -0.3 is 5.73 Å². The molecule has 9 heteroatoms. The average Bonchev–Trinajstić information content (AvgIpc) is 2.21. The van der Waals surface area contributed by atoms with E-state index in [1.165, 1.54) is 0 Å². The topological polar surface area (TPSA) is 84.9 Å². The number of nitrogens with two attached hydrogens (primary N) is 1. The molecule has 0 atom stereocenters. The summed E-state index contributed by atoms with van der Waals surface area (Å²) in [6.45, 7) is 0. The van der Waals surface area contributed by atoms with Crippen LogP contribution in [0.4, 0.5) is 23.2 Å². The number of hydrogen-bond donors (Lipinski definition) is 1. The van der Waals surface area contributed by atoms with Crippen LogP contribution in [0.15, 0.2) is 16.1 Å². The number of alkyl halides is 3. The summed E-state index contributed by atoms with van der Waals surface area (Å²) in [5, 5.41) is -1.61. The van der Waals surface area contributed by atoms with Crippen molar-refractivity contribution < 1.29 is 27.2 Å². The van der Waals surface area contributed by atoms with E-state index in [1.54, 1.807) is 0 Å². The summed E-state index contributed by atoms with van der Waals surface area (Å²) >= 11 is 0. The molecule has 2 rings (SSSR count). The summed E-state index contributed by atoms with van der Waals surface area (Å²) in [7, 11) is 0. The van der Waals surface area contributed by atoms with Crippen LogP contribution in [-0.4, -0.2) is 11.8 Å². The lowest BCUT2D eigenvalue weighted by atomic mass is 10.1. The molecule has 0 fully saturated rings. The molecule has 0 saturated carbocycles. The second-order valence-electron chi connectivity index (χ2n) is 3.35. The van der Waals surface area contributed by atoms with Crippen molar-refractivity contribution in [2.45, 2.75) is 6.18 Å². The van der Waals surface area contributed by atoms with Crippen molar-refractivity contribution in [2.75, 3.05) is 5.73 Å². The molecule has 0 aromatic heterocycles. The molecule has 1 aromatic carbocycles. The minimum Gasteiger partial charge on any atom is -0.396 e. The number of benzene rings is 1. The summed E-state index contributed by atoms with van der Waals surface area (Å²) in [6.07, 6.45) is -5.02. The van der Waals surface area contributed by atoms with Crippen molar-refractivity contribution in [3.05, 3.63) is 28.2 Å². The molecule has 1 aliphatic heterocycles. The van der Waals surface area contributed by atoms with Gasteiger partial charge in [0.2, 0.25) is 0 Å². The molecule has 0 unspecified atom stereocenters. The molecule has 0 saturated heterocycles. The number of hydrogen-bond acceptors (Lipinski definition) is 3. The number of carbonyl (C=O) groups excluding carboxylic acids is 2. The van der Waals surface area contributed by atoms with Gasteiger partial charge in [0.05, 0.1) is 11.0 Å². The second kappa shape index (κ2) is 3.59. The van der Waals surface area contributed by atoms with Crippen LogP contribution in [0.25, 0.3) is 0 Å². The normalized spacial score (nSPS) is 14.9. The molecular formula is C9H3F4N3O2. The highest BCUT2D eigenvalue weighted by Gasteiger charge is 2.38. The van der Waals surface area contributed by atoms with Crippen LogP contribution in [0.5, 0.6) is 0 Å². The minimum atomic E-state index is -5.02. The van der Waals surface area contributed by atoms with Crippen molar-refractivity contribution in [2.24, 2.45) is 9.98 Å². The second-order valence-corrected chi connectivity index (χ2v) is 3.35. The Labute approximate surface area is 95.6 Å². The van der Waals surface area contributed by atoms with Gasteiger partial charge in [0.1, 0.15) is 16.7 Å². The zero-order valence-electron chi connectivity index (χ0n) is 8.38. The summed E-state index contributed by atoms with van der Waals surface area (Å²) < 4.78 is 51.3. The number of amides is 2. The van der Waals surface area contributed by atoms with E-state index in [0.717, 1.165) is 0 Å². The monoisotopic (exact) mass is 261 g/mol. The first-order valence-electron chi connectivity index (χ1n) is 4.42. The van der Waals surface area contributed by atoms with E-state index in [1.807, 2.05) is 0 Å². The molecule has 18 heavy (non-hydrogen) atoms. The number of fused-ring (bicyclic) bond motifs is 1. The van der Waals surface area contributed by atoms with Gasteiger partial charge in [0.25, 0.3) is 0 Å². The molecule has 5 nitrogen and oxygen atoms in total. The highest BCUT2D eigenvalue weighted by Crippen LogP contribution is 2.31. The largest absolute Gasteiger partial charge is 0.420 e. The number of nitrogen functional groups attached to an aromatic ring is 1. The first-order chi connectivity index (χ1) is 8.21. The van der Waals surface area contributed by atoms with Crippen molar-refractivity contribution in [1.82, 2.24) is 0 Å². The van der Waals surface area contributed by atoms with Crippen molar-refractivity contribution in [3.8, 4) is 0 Å². The fourth-order valence-electron chi connectivity index (χ4n) is 1.43. The Bertz CT molecular complexity index is 693. The Morgan fingerprint density at radius 3 is 2.22 bits per heavy atom. The Kier molecular flexibility index (Phi) is 2.42. The number of halogens is 4. The van der Waals surface area contributed by atoms with Gasteiger partial charge in [-0.15, -0.1) is 0 Å². The Hall–Kier alpha value is -2.32. The molecule has 0 aliphatic carbocycles. The number of anilines is 1. The van der Waals surface area contributed by atoms with E-state index in [2.05, 4.69) is 9.98 Å². The fraction of sp³-hybridized carbons (Fsp3) is 0.111. The molecule has 1 aromatic rings. The van der Waals surface area contributed by atoms with Crippen LogP contribution in [0.1, 0.15) is 5.56 Å². The van der Waals surface area contributed by atoms with Gasteiger partial charge >= 0.3 is 18.0 Å². The summed E-state index contributed by atoms with van der Waals surface area (Å²) in [5.41, 5.74) is 2.18. The van der Waals surface area contributed by atoms with E-state index in [4.69, 9.17) is 5.73 Å². The molecule has 1 heterocycles. The Morgan fingerprint density at radius 1 is 1.11 bits per heavy atom. The van der Waals surface area contributed by atoms with Crippen LogP contribution in [0, 0.1) is 5.82 Å². The maximum atomic E-state index is 13.2. The molecule has 1 aliphatic rings. The molecule has 0 spiro atoms. The number of rotatable bonds is 0. The van der Waals surface area contributed by atoms with E-state index < -0.39 is 45.8 Å². The van der Waals surface area contributed by atoms with Gasteiger partial charge in [0.15, 0.2) is 0 Å². The van der Waals surface area contributed by atoms with Crippen molar-refractivity contribution in [1.29, 1.82) is 0 Å². The number of carbonyl (C=O) groups is 2. The SMILES string of the molecule is Nc1c(F)cc2c(c1C(F)(F)F)=NC(=O)C(=O)N=2. The maximum absolute atomic E-state index is 13.2. The van der Waals surface area contributed by atoms with Crippen LogP contribution in [0.3, 0.4) is 0 Å². The summed E-state index contributed by atoms with van der Waals surface area (Å²) in [4.78, 5) is 27.8. The quantitative estimate of drug-likeness (QED) is 0.396. The third kappa shape index (κ3) is 1.73. The van der Waals surface area contributed by atoms with Crippen LogP contribution in [0.2, 0.25) is 0 Å². The van der Waals surface area contributed by atoms with Crippen LogP contribution >= 0.6 is 0 Å².